The molecule has 0 aromatic heterocycles. The number of hydrogen-bond donors (Lipinski definition) is 1. The molecule has 2 rings (SSSR count). The summed E-state index contributed by atoms with van der Waals surface area (Å²) in [6.45, 7) is 1.73. The third-order valence-electron chi connectivity index (χ3n) is 4.28. The van der Waals surface area contributed by atoms with Crippen LogP contribution in [-0.4, -0.2) is 41.6 Å². The van der Waals surface area contributed by atoms with Crippen molar-refractivity contribution in [2.24, 2.45) is 5.92 Å². The molecule has 0 amide bonds. The molecule has 5 nitrogen and oxygen atoms in total. The van der Waals surface area contributed by atoms with Crippen molar-refractivity contribution in [3.05, 3.63) is 35.9 Å². The zero-order chi connectivity index (χ0) is 14.9. The number of likely N-dealkylation sites (tertiary alicyclic amines) is 1. The highest BCUT2D eigenvalue weighted by atomic mass is 16.5. The van der Waals surface area contributed by atoms with Crippen LogP contribution in [0.15, 0.2) is 30.3 Å². The SMILES string of the molecule is COC(=O)[C@]1(C)C[C@H](C(=O)O)[C@H](c2ccccc2)N1C. The van der Waals surface area contributed by atoms with Gasteiger partial charge in [-0.05, 0) is 26.0 Å². The van der Waals surface area contributed by atoms with Crippen LogP contribution < -0.4 is 0 Å². The molecule has 1 aliphatic rings. The van der Waals surface area contributed by atoms with Crippen molar-refractivity contribution in [1.29, 1.82) is 0 Å². The Bertz CT molecular complexity index is 516. The number of carboxylic acids is 1. The van der Waals surface area contributed by atoms with Crippen LogP contribution in [0.5, 0.6) is 0 Å². The van der Waals surface area contributed by atoms with Gasteiger partial charge in [-0.25, -0.2) is 0 Å². The number of ether oxygens (including phenoxy) is 1. The number of likely N-dealkylation sites (N-methyl/N-ethyl adjacent to an activating group) is 1. The van der Waals surface area contributed by atoms with Crippen LogP contribution >= 0.6 is 0 Å². The predicted molar refractivity (Wildman–Crippen MR) is 73.1 cm³/mol. The summed E-state index contributed by atoms with van der Waals surface area (Å²) in [4.78, 5) is 25.4. The van der Waals surface area contributed by atoms with Gasteiger partial charge in [-0.1, -0.05) is 30.3 Å². The number of hydrogen-bond acceptors (Lipinski definition) is 4. The van der Waals surface area contributed by atoms with Crippen molar-refractivity contribution >= 4 is 11.9 Å². The van der Waals surface area contributed by atoms with Crippen LogP contribution in [0, 0.1) is 5.92 Å². The summed E-state index contributed by atoms with van der Waals surface area (Å²) in [5.74, 6) is -1.92. The Morgan fingerprint density at radius 1 is 1.35 bits per heavy atom. The molecule has 1 saturated heterocycles. The molecule has 0 spiro atoms. The minimum absolute atomic E-state index is 0.241. The summed E-state index contributed by atoms with van der Waals surface area (Å²) in [6, 6.07) is 9.07. The molecule has 1 N–H and O–H groups in total. The van der Waals surface area contributed by atoms with E-state index in [0.717, 1.165) is 5.56 Å². The molecule has 1 aromatic rings. The minimum atomic E-state index is -0.918. The summed E-state index contributed by atoms with van der Waals surface area (Å²) in [5, 5.41) is 9.47. The lowest BCUT2D eigenvalue weighted by molar-refractivity contribution is -0.152. The summed E-state index contributed by atoms with van der Waals surface area (Å²) >= 11 is 0. The van der Waals surface area contributed by atoms with E-state index in [1.807, 2.05) is 35.2 Å². The molecule has 1 aliphatic heterocycles. The molecule has 0 radical (unpaired) electrons. The van der Waals surface area contributed by atoms with Gasteiger partial charge >= 0.3 is 11.9 Å². The Hall–Kier alpha value is -1.88. The van der Waals surface area contributed by atoms with E-state index in [-0.39, 0.29) is 12.5 Å². The second-order valence-corrected chi connectivity index (χ2v) is 5.38. The van der Waals surface area contributed by atoms with Crippen molar-refractivity contribution in [3.63, 3.8) is 0 Å². The Balaban J connectivity index is 2.44. The summed E-state index contributed by atoms with van der Waals surface area (Å²) in [6.07, 6.45) is 0.241. The molecule has 20 heavy (non-hydrogen) atoms. The molecule has 0 saturated carbocycles. The zero-order valence-electron chi connectivity index (χ0n) is 11.9. The normalized spacial score (nSPS) is 30.1. The second kappa shape index (κ2) is 5.25. The topological polar surface area (TPSA) is 66.8 Å². The van der Waals surface area contributed by atoms with E-state index in [0.29, 0.717) is 0 Å². The molecule has 0 unspecified atom stereocenters. The van der Waals surface area contributed by atoms with Crippen LogP contribution in [-0.2, 0) is 14.3 Å². The van der Waals surface area contributed by atoms with Gasteiger partial charge < -0.3 is 9.84 Å². The van der Waals surface area contributed by atoms with E-state index in [1.165, 1.54) is 7.11 Å². The molecule has 1 heterocycles. The first-order valence-electron chi connectivity index (χ1n) is 6.51. The maximum atomic E-state index is 12.0. The van der Waals surface area contributed by atoms with Gasteiger partial charge in [-0.2, -0.15) is 0 Å². The number of carboxylic acid groups (broad SMARTS) is 1. The van der Waals surface area contributed by atoms with Crippen molar-refractivity contribution in [2.75, 3.05) is 14.2 Å². The molecule has 1 fully saturated rings. The van der Waals surface area contributed by atoms with Crippen LogP contribution in [0.3, 0.4) is 0 Å². The maximum absolute atomic E-state index is 12.0. The van der Waals surface area contributed by atoms with Crippen LogP contribution in [0.2, 0.25) is 0 Å². The summed E-state index contributed by atoms with van der Waals surface area (Å²) in [7, 11) is 3.10. The Kier molecular flexibility index (Phi) is 3.81. The van der Waals surface area contributed by atoms with E-state index < -0.39 is 23.4 Å². The largest absolute Gasteiger partial charge is 0.481 e. The molecule has 0 aliphatic carbocycles. The average molecular weight is 277 g/mol. The fraction of sp³-hybridized carbons (Fsp3) is 0.467. The smallest absolute Gasteiger partial charge is 0.326 e. The highest BCUT2D eigenvalue weighted by molar-refractivity contribution is 5.83. The zero-order valence-corrected chi connectivity index (χ0v) is 11.9. The number of carbonyl (C=O) groups is 2. The number of benzene rings is 1. The van der Waals surface area contributed by atoms with Crippen LogP contribution in [0.25, 0.3) is 0 Å². The number of methoxy groups -OCH3 is 1. The average Bonchev–Trinajstić information content (AvgIpc) is 2.73. The molecular weight excluding hydrogens is 258 g/mol. The highest BCUT2D eigenvalue weighted by Crippen LogP contribution is 2.46. The second-order valence-electron chi connectivity index (χ2n) is 5.38. The van der Waals surface area contributed by atoms with Gasteiger partial charge in [0.25, 0.3) is 0 Å². The monoisotopic (exact) mass is 277 g/mol. The van der Waals surface area contributed by atoms with Crippen LogP contribution in [0.1, 0.15) is 24.9 Å². The van der Waals surface area contributed by atoms with E-state index in [9.17, 15) is 14.7 Å². The third-order valence-corrected chi connectivity index (χ3v) is 4.28. The third kappa shape index (κ3) is 2.18. The quantitative estimate of drug-likeness (QED) is 0.852. The van der Waals surface area contributed by atoms with Gasteiger partial charge in [0.1, 0.15) is 5.54 Å². The molecule has 1 aromatic carbocycles. The first-order chi connectivity index (χ1) is 9.41. The Labute approximate surface area is 118 Å². The van der Waals surface area contributed by atoms with Gasteiger partial charge in [0.2, 0.25) is 0 Å². The standard InChI is InChI=1S/C15H19NO4/c1-15(14(19)20-3)9-11(13(17)18)12(16(15)2)10-7-5-4-6-8-10/h4-8,11-12H,9H2,1-3H3,(H,17,18)/t11-,12-,15-/m0/s1. The summed E-state index contributed by atoms with van der Waals surface area (Å²) < 4.78 is 4.85. The lowest BCUT2D eigenvalue weighted by Crippen LogP contribution is -2.47. The first-order valence-corrected chi connectivity index (χ1v) is 6.51. The van der Waals surface area contributed by atoms with Gasteiger partial charge in [0, 0.05) is 6.04 Å². The predicted octanol–water partition coefficient (Wildman–Crippen LogP) is 1.70. The van der Waals surface area contributed by atoms with Crippen LogP contribution in [0.4, 0.5) is 0 Å². The number of esters is 1. The van der Waals surface area contributed by atoms with Crippen molar-refractivity contribution in [1.82, 2.24) is 4.90 Å². The van der Waals surface area contributed by atoms with Crippen molar-refractivity contribution < 1.29 is 19.4 Å². The van der Waals surface area contributed by atoms with Gasteiger partial charge in [0.15, 0.2) is 0 Å². The molecule has 0 bridgehead atoms. The first kappa shape index (κ1) is 14.5. The molecule has 108 valence electrons. The number of rotatable bonds is 3. The summed E-state index contributed by atoms with van der Waals surface area (Å²) in [5.41, 5.74) is -0.0202. The maximum Gasteiger partial charge on any atom is 0.326 e. The van der Waals surface area contributed by atoms with E-state index in [2.05, 4.69) is 0 Å². The van der Waals surface area contributed by atoms with Gasteiger partial charge in [0.05, 0.1) is 13.0 Å². The van der Waals surface area contributed by atoms with E-state index in [1.54, 1.807) is 14.0 Å². The Morgan fingerprint density at radius 3 is 2.45 bits per heavy atom. The lowest BCUT2D eigenvalue weighted by atomic mass is 9.90. The van der Waals surface area contributed by atoms with E-state index >= 15 is 0 Å². The fourth-order valence-corrected chi connectivity index (χ4v) is 3.04. The van der Waals surface area contributed by atoms with Crippen molar-refractivity contribution in [3.8, 4) is 0 Å². The Morgan fingerprint density at radius 2 is 1.95 bits per heavy atom. The van der Waals surface area contributed by atoms with Gasteiger partial charge in [-0.3, -0.25) is 14.5 Å². The molecular formula is C15H19NO4. The number of aliphatic carboxylic acids is 1. The molecule has 5 heteroatoms. The van der Waals surface area contributed by atoms with Crippen molar-refractivity contribution in [2.45, 2.75) is 24.9 Å². The fourth-order valence-electron chi connectivity index (χ4n) is 3.04. The number of carbonyl (C=O) groups excluding carboxylic acids is 1. The minimum Gasteiger partial charge on any atom is -0.481 e. The lowest BCUT2D eigenvalue weighted by Gasteiger charge is -2.32. The van der Waals surface area contributed by atoms with Gasteiger partial charge in [-0.15, -0.1) is 0 Å². The molecule has 3 atom stereocenters. The van der Waals surface area contributed by atoms with E-state index in [4.69, 9.17) is 4.74 Å². The highest BCUT2D eigenvalue weighted by Gasteiger charge is 2.54. The number of nitrogens with zero attached hydrogens (tertiary/aromatic N) is 1.